The number of benzene rings is 2. The number of amides is 1. The average molecular weight is 412 g/mol. The number of carbonyl (C=O) groups is 1. The number of sulfone groups is 1. The predicted molar refractivity (Wildman–Crippen MR) is 107 cm³/mol. The lowest BCUT2D eigenvalue weighted by Gasteiger charge is -2.16. The number of hydrogen-bond donors (Lipinski definition) is 1. The van der Waals surface area contributed by atoms with Crippen molar-refractivity contribution in [2.45, 2.75) is 20.0 Å². The largest absolute Gasteiger partial charge is 0.492 e. The lowest BCUT2D eigenvalue weighted by Crippen LogP contribution is -2.30. The maximum atomic E-state index is 12.4. The summed E-state index contributed by atoms with van der Waals surface area (Å²) in [5.74, 6) is 0.482. The molecular formula is C19H22ClNO5S. The van der Waals surface area contributed by atoms with E-state index in [2.05, 4.69) is 5.32 Å². The van der Waals surface area contributed by atoms with Crippen LogP contribution < -0.4 is 14.8 Å². The highest BCUT2D eigenvalue weighted by atomic mass is 35.5. The van der Waals surface area contributed by atoms with Crippen LogP contribution in [-0.4, -0.2) is 39.0 Å². The van der Waals surface area contributed by atoms with Gasteiger partial charge in [-0.25, -0.2) is 8.42 Å². The number of nitrogens with one attached hydrogen (secondary N) is 1. The van der Waals surface area contributed by atoms with Crippen LogP contribution in [0, 0.1) is 6.92 Å². The first-order valence-electron chi connectivity index (χ1n) is 8.28. The van der Waals surface area contributed by atoms with Crippen LogP contribution in [0.4, 0.5) is 5.69 Å². The van der Waals surface area contributed by atoms with Crippen LogP contribution in [0.15, 0.2) is 42.5 Å². The summed E-state index contributed by atoms with van der Waals surface area (Å²) in [4.78, 5) is 12.4. The van der Waals surface area contributed by atoms with E-state index in [9.17, 15) is 13.2 Å². The minimum atomic E-state index is -3.09. The van der Waals surface area contributed by atoms with E-state index < -0.39 is 15.9 Å². The average Bonchev–Trinajstić information content (AvgIpc) is 2.57. The zero-order chi connectivity index (χ0) is 20.0. The zero-order valence-corrected chi connectivity index (χ0v) is 16.9. The fourth-order valence-electron chi connectivity index (χ4n) is 2.16. The first-order chi connectivity index (χ1) is 12.6. The maximum Gasteiger partial charge on any atom is 0.265 e. The quantitative estimate of drug-likeness (QED) is 0.719. The fraction of sp³-hybridized carbons (Fsp3) is 0.316. The Labute approximate surface area is 164 Å². The molecule has 0 aromatic heterocycles. The van der Waals surface area contributed by atoms with E-state index in [1.807, 2.05) is 13.0 Å². The Morgan fingerprint density at radius 2 is 1.96 bits per heavy atom. The molecule has 0 radical (unpaired) electrons. The Morgan fingerprint density at radius 1 is 1.22 bits per heavy atom. The number of ether oxygens (including phenoxy) is 2. The van der Waals surface area contributed by atoms with Crippen molar-refractivity contribution in [2.75, 3.05) is 23.9 Å². The minimum absolute atomic E-state index is 0.0433. The van der Waals surface area contributed by atoms with Crippen LogP contribution >= 0.6 is 11.6 Å². The second kappa shape index (κ2) is 9.10. The summed E-state index contributed by atoms with van der Waals surface area (Å²) in [5, 5.41) is 3.17. The second-order valence-electron chi connectivity index (χ2n) is 6.19. The van der Waals surface area contributed by atoms with Gasteiger partial charge in [-0.05, 0) is 43.7 Å². The van der Waals surface area contributed by atoms with Gasteiger partial charge in [0, 0.05) is 18.0 Å². The topological polar surface area (TPSA) is 81.7 Å². The third-order valence-corrected chi connectivity index (χ3v) is 4.80. The van der Waals surface area contributed by atoms with Crippen molar-refractivity contribution in [1.82, 2.24) is 0 Å². The Bertz CT molecular complexity index is 914. The number of hydrogen-bond acceptors (Lipinski definition) is 5. The van der Waals surface area contributed by atoms with Gasteiger partial charge < -0.3 is 14.8 Å². The highest BCUT2D eigenvalue weighted by Gasteiger charge is 2.17. The molecule has 0 heterocycles. The summed E-state index contributed by atoms with van der Waals surface area (Å²) in [7, 11) is -3.09. The Morgan fingerprint density at radius 3 is 2.67 bits per heavy atom. The lowest BCUT2D eigenvalue weighted by molar-refractivity contribution is -0.122. The fourth-order valence-corrected chi connectivity index (χ4v) is 2.71. The third-order valence-electron chi connectivity index (χ3n) is 3.58. The van der Waals surface area contributed by atoms with E-state index in [1.165, 1.54) is 0 Å². The molecule has 0 fully saturated rings. The van der Waals surface area contributed by atoms with E-state index in [4.69, 9.17) is 21.1 Å². The smallest absolute Gasteiger partial charge is 0.265 e. The van der Waals surface area contributed by atoms with Gasteiger partial charge in [0.15, 0.2) is 15.9 Å². The molecule has 0 bridgehead atoms. The standard InChI is InChI=1S/C19H22ClNO5S/c1-13-7-8-17(20)18(11-13)26-14(2)19(22)21-15-5-4-6-16(12-15)25-9-10-27(3,23)24/h4-8,11-12,14H,9-10H2,1-3H3,(H,21,22). The molecule has 6 nitrogen and oxygen atoms in total. The van der Waals surface area contributed by atoms with E-state index in [0.29, 0.717) is 22.2 Å². The Balaban J connectivity index is 1.96. The molecule has 2 aromatic carbocycles. The van der Waals surface area contributed by atoms with Crippen molar-refractivity contribution in [3.05, 3.63) is 53.1 Å². The van der Waals surface area contributed by atoms with Crippen molar-refractivity contribution >= 4 is 33.0 Å². The molecule has 1 atom stereocenters. The van der Waals surface area contributed by atoms with Crippen LogP contribution in [0.5, 0.6) is 11.5 Å². The molecule has 0 aliphatic rings. The van der Waals surface area contributed by atoms with Crippen LogP contribution in [0.1, 0.15) is 12.5 Å². The Kier molecular flexibility index (Phi) is 7.10. The van der Waals surface area contributed by atoms with Crippen LogP contribution in [-0.2, 0) is 14.6 Å². The van der Waals surface area contributed by atoms with Crippen molar-refractivity contribution < 1.29 is 22.7 Å². The number of halogens is 1. The summed E-state index contributed by atoms with van der Waals surface area (Å²) >= 11 is 6.09. The molecule has 1 amide bonds. The highest BCUT2D eigenvalue weighted by molar-refractivity contribution is 7.90. The summed E-state index contributed by atoms with van der Waals surface area (Å²) in [6, 6.07) is 12.0. The number of rotatable bonds is 8. The van der Waals surface area contributed by atoms with Crippen molar-refractivity contribution in [3.8, 4) is 11.5 Å². The van der Waals surface area contributed by atoms with Gasteiger partial charge in [0.2, 0.25) is 0 Å². The molecule has 1 N–H and O–H groups in total. The van der Waals surface area contributed by atoms with Crippen molar-refractivity contribution in [2.24, 2.45) is 0 Å². The predicted octanol–water partition coefficient (Wildman–Crippen LogP) is 3.48. The van der Waals surface area contributed by atoms with Gasteiger partial charge in [0.25, 0.3) is 5.91 Å². The van der Waals surface area contributed by atoms with Gasteiger partial charge in [-0.15, -0.1) is 0 Å². The number of aryl methyl sites for hydroxylation is 1. The second-order valence-corrected chi connectivity index (χ2v) is 8.86. The van der Waals surface area contributed by atoms with Gasteiger partial charge in [-0.2, -0.15) is 0 Å². The first-order valence-corrected chi connectivity index (χ1v) is 10.7. The molecule has 2 aromatic rings. The number of anilines is 1. The van der Waals surface area contributed by atoms with Gasteiger partial charge >= 0.3 is 0 Å². The summed E-state index contributed by atoms with van der Waals surface area (Å²) < 4.78 is 33.3. The van der Waals surface area contributed by atoms with Crippen molar-refractivity contribution in [1.29, 1.82) is 0 Å². The Hall–Kier alpha value is -2.25. The van der Waals surface area contributed by atoms with Gasteiger partial charge in [-0.3, -0.25) is 4.79 Å². The van der Waals surface area contributed by atoms with Crippen LogP contribution in [0.2, 0.25) is 5.02 Å². The minimum Gasteiger partial charge on any atom is -0.492 e. The van der Waals surface area contributed by atoms with Crippen LogP contribution in [0.3, 0.4) is 0 Å². The molecule has 27 heavy (non-hydrogen) atoms. The molecule has 0 spiro atoms. The summed E-state index contributed by atoms with van der Waals surface area (Å²) in [6.07, 6.45) is 0.383. The molecular weight excluding hydrogens is 390 g/mol. The summed E-state index contributed by atoms with van der Waals surface area (Å²) in [5.41, 5.74) is 1.49. The molecule has 8 heteroatoms. The van der Waals surface area contributed by atoms with Gasteiger partial charge in [-0.1, -0.05) is 23.7 Å². The zero-order valence-electron chi connectivity index (χ0n) is 15.4. The SMILES string of the molecule is Cc1ccc(Cl)c(OC(C)C(=O)Nc2cccc(OCCS(C)(=O)=O)c2)c1. The molecule has 0 saturated heterocycles. The normalized spacial score (nSPS) is 12.3. The number of carbonyl (C=O) groups excluding carboxylic acids is 1. The van der Waals surface area contributed by atoms with E-state index in [1.54, 1.807) is 43.3 Å². The van der Waals surface area contributed by atoms with Gasteiger partial charge in [0.1, 0.15) is 18.1 Å². The monoisotopic (exact) mass is 411 g/mol. The summed E-state index contributed by atoms with van der Waals surface area (Å²) in [6.45, 7) is 3.57. The van der Waals surface area contributed by atoms with Gasteiger partial charge in [0.05, 0.1) is 10.8 Å². The van der Waals surface area contributed by atoms with Crippen molar-refractivity contribution in [3.63, 3.8) is 0 Å². The first kappa shape index (κ1) is 21.1. The third kappa shape index (κ3) is 7.11. The lowest BCUT2D eigenvalue weighted by atomic mass is 10.2. The molecule has 0 aliphatic carbocycles. The van der Waals surface area contributed by atoms with Crippen LogP contribution in [0.25, 0.3) is 0 Å². The maximum absolute atomic E-state index is 12.4. The van der Waals surface area contributed by atoms with E-state index in [-0.39, 0.29) is 18.3 Å². The molecule has 0 aliphatic heterocycles. The van der Waals surface area contributed by atoms with E-state index in [0.717, 1.165) is 11.8 Å². The highest BCUT2D eigenvalue weighted by Crippen LogP contribution is 2.26. The molecule has 2 rings (SSSR count). The molecule has 1 unspecified atom stereocenters. The molecule has 146 valence electrons. The molecule has 0 saturated carbocycles. The van der Waals surface area contributed by atoms with E-state index >= 15 is 0 Å².